The predicted molar refractivity (Wildman–Crippen MR) is 49.1 cm³/mol. The highest BCUT2D eigenvalue weighted by Gasteiger charge is 2.13. The molecule has 2 amide bonds. The Bertz CT molecular complexity index is 407. The number of hydrogen-bond donors (Lipinski definition) is 2. The zero-order valence-corrected chi connectivity index (χ0v) is 7.80. The van der Waals surface area contributed by atoms with Crippen molar-refractivity contribution in [3.8, 4) is 0 Å². The second kappa shape index (κ2) is 4.50. The first kappa shape index (κ1) is 11.1. The molecular formula is C9H8F2N2O2. The van der Waals surface area contributed by atoms with Gasteiger partial charge in [-0.25, -0.2) is 8.78 Å². The van der Waals surface area contributed by atoms with Gasteiger partial charge < -0.3 is 10.6 Å². The maximum absolute atomic E-state index is 13.0. The number of benzene rings is 1. The van der Waals surface area contributed by atoms with Crippen LogP contribution in [0.3, 0.4) is 0 Å². The predicted octanol–water partition coefficient (Wildman–Crippen LogP) is 0.649. The fourth-order valence-corrected chi connectivity index (χ4v) is 0.886. The molecule has 2 N–H and O–H groups in total. The van der Waals surface area contributed by atoms with Crippen LogP contribution in [0.1, 0.15) is 0 Å². The molecule has 1 aromatic carbocycles. The van der Waals surface area contributed by atoms with Crippen molar-refractivity contribution in [2.45, 2.75) is 0 Å². The molecular weight excluding hydrogens is 206 g/mol. The van der Waals surface area contributed by atoms with E-state index in [1.54, 1.807) is 0 Å². The third-order valence-corrected chi connectivity index (χ3v) is 1.61. The zero-order chi connectivity index (χ0) is 11.4. The highest BCUT2D eigenvalue weighted by Crippen LogP contribution is 2.14. The Morgan fingerprint density at radius 2 is 1.87 bits per heavy atom. The number of hydrogen-bond acceptors (Lipinski definition) is 2. The fraction of sp³-hybridized carbons (Fsp3) is 0.111. The fourth-order valence-electron chi connectivity index (χ4n) is 0.886. The normalized spacial score (nSPS) is 9.53. The number of rotatable bonds is 1. The minimum absolute atomic E-state index is 0.372. The van der Waals surface area contributed by atoms with E-state index in [2.05, 4.69) is 5.32 Å². The summed E-state index contributed by atoms with van der Waals surface area (Å²) in [5, 5.41) is 3.99. The molecule has 15 heavy (non-hydrogen) atoms. The molecule has 0 spiro atoms. The molecule has 0 saturated carbocycles. The molecule has 1 aromatic rings. The molecule has 0 radical (unpaired) electrons. The lowest BCUT2D eigenvalue weighted by Crippen LogP contribution is -2.32. The van der Waals surface area contributed by atoms with E-state index in [1.807, 2.05) is 5.32 Å². The zero-order valence-electron chi connectivity index (χ0n) is 7.80. The van der Waals surface area contributed by atoms with Gasteiger partial charge in [0.05, 0.1) is 5.69 Å². The summed E-state index contributed by atoms with van der Waals surface area (Å²) in [7, 11) is 1.25. The van der Waals surface area contributed by atoms with E-state index >= 15 is 0 Å². The minimum atomic E-state index is -1.05. The third-order valence-electron chi connectivity index (χ3n) is 1.61. The number of halogens is 2. The van der Waals surface area contributed by atoms with Gasteiger partial charge in [-0.2, -0.15) is 0 Å². The van der Waals surface area contributed by atoms with Gasteiger partial charge in [-0.3, -0.25) is 9.59 Å². The van der Waals surface area contributed by atoms with Crippen LogP contribution in [0.5, 0.6) is 0 Å². The van der Waals surface area contributed by atoms with Crippen molar-refractivity contribution in [1.82, 2.24) is 5.32 Å². The van der Waals surface area contributed by atoms with Gasteiger partial charge in [0.15, 0.2) is 0 Å². The second-order valence-electron chi connectivity index (χ2n) is 2.66. The topological polar surface area (TPSA) is 58.2 Å². The lowest BCUT2D eigenvalue weighted by Gasteiger charge is -2.04. The first-order chi connectivity index (χ1) is 7.04. The number of likely N-dealkylation sites (N-methyl/N-ethyl adjacent to an activating group) is 1. The first-order valence-electron chi connectivity index (χ1n) is 4.02. The van der Waals surface area contributed by atoms with Gasteiger partial charge in [0, 0.05) is 13.1 Å². The summed E-state index contributed by atoms with van der Waals surface area (Å²) in [5.41, 5.74) is -0.372. The van der Waals surface area contributed by atoms with Crippen molar-refractivity contribution >= 4 is 17.5 Å². The van der Waals surface area contributed by atoms with Crippen molar-refractivity contribution in [2.75, 3.05) is 12.4 Å². The van der Waals surface area contributed by atoms with E-state index in [0.717, 1.165) is 18.2 Å². The largest absolute Gasteiger partial charge is 0.351 e. The molecule has 4 nitrogen and oxygen atoms in total. The summed E-state index contributed by atoms with van der Waals surface area (Å²) in [4.78, 5) is 21.8. The number of amides is 2. The highest BCUT2D eigenvalue weighted by atomic mass is 19.1. The van der Waals surface area contributed by atoms with Gasteiger partial charge in [0.1, 0.15) is 11.6 Å². The monoisotopic (exact) mass is 214 g/mol. The number of carbonyl (C=O) groups excluding carboxylic acids is 2. The van der Waals surface area contributed by atoms with Gasteiger partial charge in [0.2, 0.25) is 0 Å². The van der Waals surface area contributed by atoms with E-state index in [0.29, 0.717) is 0 Å². The van der Waals surface area contributed by atoms with Gasteiger partial charge in [-0.15, -0.1) is 0 Å². The summed E-state index contributed by atoms with van der Waals surface area (Å²) >= 11 is 0. The third kappa shape index (κ3) is 2.73. The SMILES string of the molecule is CNC(=O)C(=O)Nc1cc(F)ccc1F. The summed E-state index contributed by atoms with van der Waals surface area (Å²) in [6.45, 7) is 0. The number of carbonyl (C=O) groups is 2. The van der Waals surface area contributed by atoms with Crippen molar-refractivity contribution in [1.29, 1.82) is 0 Å². The molecule has 0 heterocycles. The van der Waals surface area contributed by atoms with Crippen LogP contribution in [0.2, 0.25) is 0 Å². The van der Waals surface area contributed by atoms with Crippen LogP contribution in [0.4, 0.5) is 14.5 Å². The van der Waals surface area contributed by atoms with Crippen LogP contribution in [-0.2, 0) is 9.59 Å². The molecule has 0 unspecified atom stereocenters. The Labute approximate surface area is 84.3 Å². The Hall–Kier alpha value is -1.98. The van der Waals surface area contributed by atoms with Crippen molar-refractivity contribution < 1.29 is 18.4 Å². The summed E-state index contributed by atoms with van der Waals surface area (Å²) in [6.07, 6.45) is 0. The first-order valence-corrected chi connectivity index (χ1v) is 4.02. The van der Waals surface area contributed by atoms with Crippen LogP contribution in [-0.4, -0.2) is 18.9 Å². The second-order valence-corrected chi connectivity index (χ2v) is 2.66. The average molecular weight is 214 g/mol. The van der Waals surface area contributed by atoms with Crippen LogP contribution in [0, 0.1) is 11.6 Å². The summed E-state index contributed by atoms with van der Waals surface area (Å²) < 4.78 is 25.6. The minimum Gasteiger partial charge on any atom is -0.351 e. The number of nitrogens with one attached hydrogen (secondary N) is 2. The molecule has 0 saturated heterocycles. The van der Waals surface area contributed by atoms with E-state index in [1.165, 1.54) is 7.05 Å². The summed E-state index contributed by atoms with van der Waals surface area (Å²) in [6, 6.07) is 2.55. The van der Waals surface area contributed by atoms with E-state index < -0.39 is 23.4 Å². The van der Waals surface area contributed by atoms with Crippen LogP contribution in [0.15, 0.2) is 18.2 Å². The van der Waals surface area contributed by atoms with E-state index in [4.69, 9.17) is 0 Å². The highest BCUT2D eigenvalue weighted by molar-refractivity contribution is 6.39. The van der Waals surface area contributed by atoms with Crippen molar-refractivity contribution in [3.05, 3.63) is 29.8 Å². The molecule has 0 aromatic heterocycles. The standard InChI is InChI=1S/C9H8F2N2O2/c1-12-8(14)9(15)13-7-4-5(10)2-3-6(7)11/h2-4H,1H3,(H,12,14)(H,13,15). The van der Waals surface area contributed by atoms with E-state index in [9.17, 15) is 18.4 Å². The van der Waals surface area contributed by atoms with Crippen molar-refractivity contribution in [2.24, 2.45) is 0 Å². The molecule has 1 rings (SSSR count). The molecule has 0 aliphatic rings. The Kier molecular flexibility index (Phi) is 3.33. The molecule has 0 aliphatic heterocycles. The van der Waals surface area contributed by atoms with Gasteiger partial charge in [-0.1, -0.05) is 0 Å². The molecule has 0 fully saturated rings. The van der Waals surface area contributed by atoms with Gasteiger partial charge in [-0.05, 0) is 12.1 Å². The molecule has 80 valence electrons. The molecule has 0 bridgehead atoms. The van der Waals surface area contributed by atoms with Gasteiger partial charge in [0.25, 0.3) is 0 Å². The Morgan fingerprint density at radius 1 is 1.20 bits per heavy atom. The van der Waals surface area contributed by atoms with E-state index in [-0.39, 0.29) is 5.69 Å². The average Bonchev–Trinajstić information content (AvgIpc) is 2.22. The molecule has 0 atom stereocenters. The lowest BCUT2D eigenvalue weighted by atomic mass is 10.3. The van der Waals surface area contributed by atoms with Crippen LogP contribution in [0.25, 0.3) is 0 Å². The Balaban J connectivity index is 2.85. The van der Waals surface area contributed by atoms with Crippen LogP contribution >= 0.6 is 0 Å². The quantitative estimate of drug-likeness (QED) is 0.674. The summed E-state index contributed by atoms with van der Waals surface area (Å²) in [5.74, 6) is -3.50. The smallest absolute Gasteiger partial charge is 0.313 e. The number of anilines is 1. The van der Waals surface area contributed by atoms with Crippen molar-refractivity contribution in [3.63, 3.8) is 0 Å². The maximum Gasteiger partial charge on any atom is 0.313 e. The van der Waals surface area contributed by atoms with Gasteiger partial charge >= 0.3 is 11.8 Å². The maximum atomic E-state index is 13.0. The molecule has 6 heteroatoms. The Morgan fingerprint density at radius 3 is 2.47 bits per heavy atom. The molecule has 0 aliphatic carbocycles. The van der Waals surface area contributed by atoms with Crippen LogP contribution < -0.4 is 10.6 Å². The lowest BCUT2D eigenvalue weighted by molar-refractivity contribution is -0.135.